The highest BCUT2D eigenvalue weighted by atomic mass is 32.1. The molecule has 0 aliphatic rings. The third-order valence-corrected chi connectivity index (χ3v) is 3.33. The second kappa shape index (κ2) is 3.61. The molecule has 3 rings (SSSR count). The van der Waals surface area contributed by atoms with Crippen molar-refractivity contribution in [3.8, 4) is 0 Å². The van der Waals surface area contributed by atoms with Crippen molar-refractivity contribution in [2.45, 2.75) is 6.54 Å². The average Bonchev–Trinajstić information content (AvgIpc) is 2.92. The van der Waals surface area contributed by atoms with Crippen molar-refractivity contribution in [3.63, 3.8) is 0 Å². The fraction of sp³-hybridized carbons (Fsp3) is 0.0909. The molecule has 0 aliphatic carbocycles. The minimum Gasteiger partial charge on any atom is -0.364 e. The first-order valence-corrected chi connectivity index (χ1v) is 5.68. The van der Waals surface area contributed by atoms with Crippen molar-refractivity contribution in [1.29, 1.82) is 0 Å². The van der Waals surface area contributed by atoms with Gasteiger partial charge in [0.05, 0.1) is 16.8 Å². The van der Waals surface area contributed by atoms with Gasteiger partial charge in [-0.3, -0.25) is 4.79 Å². The Bertz CT molecular complexity index is 667. The lowest BCUT2D eigenvalue weighted by atomic mass is 10.3. The lowest BCUT2D eigenvalue weighted by Gasteiger charge is -2.04. The second-order valence-electron chi connectivity index (χ2n) is 3.43. The zero-order valence-electron chi connectivity index (χ0n) is 8.29. The summed E-state index contributed by atoms with van der Waals surface area (Å²) in [6.07, 6.45) is 3.33. The van der Waals surface area contributed by atoms with Crippen molar-refractivity contribution < 1.29 is 4.52 Å². The molecule has 0 N–H and O–H groups in total. The molecule has 3 aromatic rings. The average molecular weight is 232 g/mol. The van der Waals surface area contributed by atoms with Gasteiger partial charge < -0.3 is 9.09 Å². The number of hydrogen-bond acceptors (Lipinski definition) is 4. The van der Waals surface area contributed by atoms with Gasteiger partial charge in [-0.25, -0.2) is 0 Å². The van der Waals surface area contributed by atoms with E-state index in [4.69, 9.17) is 4.52 Å². The summed E-state index contributed by atoms with van der Waals surface area (Å²) in [5.41, 5.74) is 1.86. The van der Waals surface area contributed by atoms with Gasteiger partial charge in [0.2, 0.25) is 0 Å². The Hall–Kier alpha value is -1.88. The molecular weight excluding hydrogens is 224 g/mol. The van der Waals surface area contributed by atoms with Crippen LogP contribution in [-0.2, 0) is 6.54 Å². The van der Waals surface area contributed by atoms with E-state index in [0.717, 1.165) is 15.9 Å². The van der Waals surface area contributed by atoms with E-state index in [0.29, 0.717) is 6.54 Å². The molecule has 80 valence electrons. The maximum absolute atomic E-state index is 11.6. The Morgan fingerprint density at radius 3 is 3.12 bits per heavy atom. The van der Waals surface area contributed by atoms with Gasteiger partial charge in [0.25, 0.3) is 0 Å². The van der Waals surface area contributed by atoms with Crippen molar-refractivity contribution in [3.05, 3.63) is 52.0 Å². The van der Waals surface area contributed by atoms with Crippen molar-refractivity contribution in [1.82, 2.24) is 9.72 Å². The number of pyridine rings is 1. The fourth-order valence-electron chi connectivity index (χ4n) is 1.66. The van der Waals surface area contributed by atoms with Crippen molar-refractivity contribution in [2.75, 3.05) is 0 Å². The summed E-state index contributed by atoms with van der Waals surface area (Å²) in [5.74, 6) is 0. The van der Waals surface area contributed by atoms with Crippen LogP contribution in [0.4, 0.5) is 0 Å². The summed E-state index contributed by atoms with van der Waals surface area (Å²) in [4.78, 5) is 11.6. The molecule has 0 saturated heterocycles. The minimum atomic E-state index is 0.0707. The standard InChI is InChI=1S/C11H8N2O2S/c14-10-1-4-13(7-8-2-5-15-12-8)9-3-6-16-11(9)10/h1-6H,7H2. The summed E-state index contributed by atoms with van der Waals surface area (Å²) in [7, 11) is 0. The highest BCUT2D eigenvalue weighted by Crippen LogP contribution is 2.17. The molecule has 0 saturated carbocycles. The molecule has 0 bridgehead atoms. The molecule has 0 amide bonds. The van der Waals surface area contributed by atoms with Crippen LogP contribution < -0.4 is 5.43 Å². The van der Waals surface area contributed by atoms with Crippen LogP contribution in [0.1, 0.15) is 5.69 Å². The van der Waals surface area contributed by atoms with Gasteiger partial charge in [0, 0.05) is 18.3 Å². The zero-order valence-corrected chi connectivity index (χ0v) is 9.11. The van der Waals surface area contributed by atoms with Gasteiger partial charge in [-0.15, -0.1) is 11.3 Å². The van der Waals surface area contributed by atoms with Gasteiger partial charge in [0.1, 0.15) is 12.0 Å². The quantitative estimate of drug-likeness (QED) is 0.679. The molecule has 5 heteroatoms. The largest absolute Gasteiger partial charge is 0.364 e. The van der Waals surface area contributed by atoms with Crippen LogP contribution in [0.25, 0.3) is 10.2 Å². The molecule has 0 spiro atoms. The highest BCUT2D eigenvalue weighted by molar-refractivity contribution is 7.17. The van der Waals surface area contributed by atoms with Crippen LogP contribution >= 0.6 is 11.3 Å². The van der Waals surface area contributed by atoms with Crippen LogP contribution in [-0.4, -0.2) is 9.72 Å². The van der Waals surface area contributed by atoms with E-state index in [9.17, 15) is 4.79 Å². The molecule has 0 fully saturated rings. The molecule has 3 heterocycles. The molecule has 3 aromatic heterocycles. The zero-order chi connectivity index (χ0) is 11.0. The summed E-state index contributed by atoms with van der Waals surface area (Å²) >= 11 is 1.46. The highest BCUT2D eigenvalue weighted by Gasteiger charge is 2.05. The first-order chi connectivity index (χ1) is 7.84. The fourth-order valence-corrected chi connectivity index (χ4v) is 2.48. The van der Waals surface area contributed by atoms with Gasteiger partial charge in [-0.1, -0.05) is 5.16 Å². The number of aromatic nitrogens is 2. The first-order valence-electron chi connectivity index (χ1n) is 4.80. The van der Waals surface area contributed by atoms with E-state index in [-0.39, 0.29) is 5.43 Å². The maximum Gasteiger partial charge on any atom is 0.199 e. The minimum absolute atomic E-state index is 0.0707. The molecule has 4 nitrogen and oxygen atoms in total. The molecule has 16 heavy (non-hydrogen) atoms. The number of rotatable bonds is 2. The van der Waals surface area contributed by atoms with Gasteiger partial charge in [0.15, 0.2) is 5.43 Å². The van der Waals surface area contributed by atoms with Crippen molar-refractivity contribution in [2.24, 2.45) is 0 Å². The molecule has 0 unspecified atom stereocenters. The van der Waals surface area contributed by atoms with Gasteiger partial charge >= 0.3 is 0 Å². The molecule has 0 aliphatic heterocycles. The number of nitrogens with zero attached hydrogens (tertiary/aromatic N) is 2. The monoisotopic (exact) mass is 232 g/mol. The lowest BCUT2D eigenvalue weighted by molar-refractivity contribution is 0.410. The third-order valence-electron chi connectivity index (χ3n) is 2.41. The molecule has 0 radical (unpaired) electrons. The van der Waals surface area contributed by atoms with Crippen molar-refractivity contribution >= 4 is 21.6 Å². The second-order valence-corrected chi connectivity index (χ2v) is 4.35. The Balaban J connectivity index is 2.14. The Morgan fingerprint density at radius 1 is 1.38 bits per heavy atom. The summed E-state index contributed by atoms with van der Waals surface area (Å²) in [5, 5.41) is 5.78. The summed E-state index contributed by atoms with van der Waals surface area (Å²) in [6.45, 7) is 0.615. The Kier molecular flexibility index (Phi) is 2.11. The van der Waals surface area contributed by atoms with Crippen LogP contribution in [0.5, 0.6) is 0 Å². The molecular formula is C11H8N2O2S. The smallest absolute Gasteiger partial charge is 0.199 e. The van der Waals surface area contributed by atoms with E-state index in [2.05, 4.69) is 5.16 Å². The van der Waals surface area contributed by atoms with Gasteiger partial charge in [-0.05, 0) is 11.4 Å². The van der Waals surface area contributed by atoms with E-state index in [1.54, 1.807) is 18.5 Å². The predicted molar refractivity (Wildman–Crippen MR) is 61.7 cm³/mol. The Labute approximate surface area is 94.7 Å². The number of fused-ring (bicyclic) bond motifs is 1. The SMILES string of the molecule is O=c1ccn(Cc2ccon2)c2ccsc12. The lowest BCUT2D eigenvalue weighted by Crippen LogP contribution is -2.06. The normalized spacial score (nSPS) is 11.0. The number of hydrogen-bond donors (Lipinski definition) is 0. The van der Waals surface area contributed by atoms with E-state index < -0.39 is 0 Å². The topological polar surface area (TPSA) is 48.0 Å². The summed E-state index contributed by atoms with van der Waals surface area (Å²) in [6, 6.07) is 5.34. The molecule has 0 atom stereocenters. The number of thiophene rings is 1. The van der Waals surface area contributed by atoms with Crippen LogP contribution in [0, 0.1) is 0 Å². The first kappa shape index (κ1) is 9.35. The Morgan fingerprint density at radius 2 is 2.31 bits per heavy atom. The van der Waals surface area contributed by atoms with Crippen LogP contribution in [0.3, 0.4) is 0 Å². The van der Waals surface area contributed by atoms with E-state index in [1.807, 2.05) is 22.1 Å². The van der Waals surface area contributed by atoms with E-state index >= 15 is 0 Å². The third kappa shape index (κ3) is 1.45. The van der Waals surface area contributed by atoms with E-state index in [1.165, 1.54) is 11.3 Å². The van der Waals surface area contributed by atoms with Crippen LogP contribution in [0.15, 0.2) is 45.4 Å². The van der Waals surface area contributed by atoms with Gasteiger partial charge in [-0.2, -0.15) is 0 Å². The van der Waals surface area contributed by atoms with Crippen LogP contribution in [0.2, 0.25) is 0 Å². The summed E-state index contributed by atoms with van der Waals surface area (Å²) < 4.78 is 7.56. The maximum atomic E-state index is 11.6. The predicted octanol–water partition coefficient (Wildman–Crippen LogP) is 2.10. The molecule has 0 aromatic carbocycles.